The van der Waals surface area contributed by atoms with E-state index in [0.717, 1.165) is 29.4 Å². The number of thioether (sulfide) groups is 1. The Balaban J connectivity index is 0.00000225. The molecular weight excluding hydrogens is 362 g/mol. The molecule has 1 aromatic heterocycles. The highest BCUT2D eigenvalue weighted by Gasteiger charge is 2.16. The average Bonchev–Trinajstić information content (AvgIpc) is 3.10. The zero-order valence-electron chi connectivity index (χ0n) is 13.9. The van der Waals surface area contributed by atoms with E-state index < -0.39 is 0 Å². The lowest BCUT2D eigenvalue weighted by Crippen LogP contribution is -2.41. The van der Waals surface area contributed by atoms with Crippen LogP contribution in [0.4, 0.5) is 0 Å². The van der Waals surface area contributed by atoms with Crippen LogP contribution in [0.15, 0.2) is 24.3 Å². The van der Waals surface area contributed by atoms with Crippen LogP contribution in [0.25, 0.3) is 11.4 Å². The number of nitrogens with zero attached hydrogens (tertiary/aromatic N) is 2. The molecule has 1 aliphatic rings. The molecule has 2 aromatic rings. The first-order chi connectivity index (χ1) is 11.7. The fraction of sp³-hybridized carbons (Fsp3) is 0.438. The standard InChI is InChI=1S/C16H21N5O2S.ClH/c1-23-13-4-2-11(3-5-13)16-19-14(20-21-16)9-18-15(22)8-12-10-24-7-6-17-12;/h2-5,12,17H,6-10H2,1H3,(H,18,22)(H,19,20,21);1H. The smallest absolute Gasteiger partial charge is 0.221 e. The number of halogens is 1. The predicted molar refractivity (Wildman–Crippen MR) is 101 cm³/mol. The van der Waals surface area contributed by atoms with Gasteiger partial charge >= 0.3 is 0 Å². The van der Waals surface area contributed by atoms with Crippen LogP contribution in [-0.4, -0.2) is 52.3 Å². The summed E-state index contributed by atoms with van der Waals surface area (Å²) in [5.41, 5.74) is 0.896. The summed E-state index contributed by atoms with van der Waals surface area (Å²) in [6.45, 7) is 1.32. The van der Waals surface area contributed by atoms with Crippen molar-refractivity contribution < 1.29 is 9.53 Å². The van der Waals surface area contributed by atoms with Crippen molar-refractivity contribution in [1.82, 2.24) is 25.8 Å². The first-order valence-electron chi connectivity index (χ1n) is 7.88. The number of hydrogen-bond donors (Lipinski definition) is 3. The van der Waals surface area contributed by atoms with Crippen LogP contribution in [0.5, 0.6) is 5.75 Å². The van der Waals surface area contributed by atoms with E-state index in [0.29, 0.717) is 24.6 Å². The van der Waals surface area contributed by atoms with Gasteiger partial charge in [0.1, 0.15) is 11.6 Å². The van der Waals surface area contributed by atoms with Gasteiger partial charge in [-0.2, -0.15) is 16.9 Å². The molecule has 3 N–H and O–H groups in total. The number of aromatic nitrogens is 3. The summed E-state index contributed by atoms with van der Waals surface area (Å²) in [7, 11) is 1.63. The number of hydrogen-bond acceptors (Lipinski definition) is 6. The number of ether oxygens (including phenoxy) is 1. The minimum atomic E-state index is 0. The first-order valence-corrected chi connectivity index (χ1v) is 9.03. The first kappa shape index (κ1) is 19.6. The lowest BCUT2D eigenvalue weighted by Gasteiger charge is -2.22. The Morgan fingerprint density at radius 1 is 1.40 bits per heavy atom. The van der Waals surface area contributed by atoms with E-state index in [-0.39, 0.29) is 24.4 Å². The van der Waals surface area contributed by atoms with Gasteiger partial charge in [-0.3, -0.25) is 9.89 Å². The molecule has 136 valence electrons. The maximum Gasteiger partial charge on any atom is 0.221 e. The summed E-state index contributed by atoms with van der Waals surface area (Å²) in [6, 6.07) is 7.78. The number of amides is 1. The molecule has 1 unspecified atom stereocenters. The minimum absolute atomic E-state index is 0. The third-order valence-corrected chi connectivity index (χ3v) is 4.89. The van der Waals surface area contributed by atoms with Gasteiger partial charge in [0, 0.05) is 36.1 Å². The van der Waals surface area contributed by atoms with Crippen LogP contribution >= 0.6 is 24.2 Å². The van der Waals surface area contributed by atoms with E-state index >= 15 is 0 Å². The van der Waals surface area contributed by atoms with E-state index in [4.69, 9.17) is 4.74 Å². The molecule has 1 aromatic carbocycles. The van der Waals surface area contributed by atoms with Crippen molar-refractivity contribution in [3.8, 4) is 17.1 Å². The van der Waals surface area contributed by atoms with E-state index in [1.165, 1.54) is 0 Å². The van der Waals surface area contributed by atoms with Crippen LogP contribution in [0.2, 0.25) is 0 Å². The summed E-state index contributed by atoms with van der Waals surface area (Å²) >= 11 is 1.88. The fourth-order valence-corrected chi connectivity index (χ4v) is 3.42. The Hall–Kier alpha value is -1.77. The number of rotatable bonds is 6. The van der Waals surface area contributed by atoms with Gasteiger partial charge < -0.3 is 15.4 Å². The molecule has 1 fully saturated rings. The van der Waals surface area contributed by atoms with Crippen molar-refractivity contribution in [2.75, 3.05) is 25.2 Å². The van der Waals surface area contributed by atoms with Crippen molar-refractivity contribution in [1.29, 1.82) is 0 Å². The number of benzene rings is 1. The molecule has 9 heteroatoms. The van der Waals surface area contributed by atoms with Gasteiger partial charge in [0.05, 0.1) is 13.7 Å². The number of carbonyl (C=O) groups excluding carboxylic acids is 1. The molecule has 0 spiro atoms. The summed E-state index contributed by atoms with van der Waals surface area (Å²) in [6.07, 6.45) is 0.493. The predicted octanol–water partition coefficient (Wildman–Crippen LogP) is 1.61. The van der Waals surface area contributed by atoms with Crippen LogP contribution in [0, 0.1) is 0 Å². The van der Waals surface area contributed by atoms with Crippen LogP contribution in [0.3, 0.4) is 0 Å². The maximum absolute atomic E-state index is 12.0. The maximum atomic E-state index is 12.0. The summed E-state index contributed by atoms with van der Waals surface area (Å²) < 4.78 is 5.13. The van der Waals surface area contributed by atoms with Gasteiger partial charge in [0.25, 0.3) is 0 Å². The van der Waals surface area contributed by atoms with Gasteiger partial charge in [-0.15, -0.1) is 12.4 Å². The molecule has 2 heterocycles. The molecular formula is C16H22ClN5O2S. The third kappa shape index (κ3) is 5.62. The largest absolute Gasteiger partial charge is 0.497 e. The van der Waals surface area contributed by atoms with Gasteiger partial charge in [-0.25, -0.2) is 4.98 Å². The zero-order valence-corrected chi connectivity index (χ0v) is 15.6. The Morgan fingerprint density at radius 2 is 2.20 bits per heavy atom. The van der Waals surface area contributed by atoms with E-state index in [2.05, 4.69) is 25.8 Å². The van der Waals surface area contributed by atoms with Crippen molar-refractivity contribution >= 4 is 30.1 Å². The normalized spacial score (nSPS) is 16.8. The van der Waals surface area contributed by atoms with E-state index in [1.54, 1.807) is 7.11 Å². The summed E-state index contributed by atoms with van der Waals surface area (Å²) in [5, 5.41) is 13.3. The quantitative estimate of drug-likeness (QED) is 0.702. The van der Waals surface area contributed by atoms with E-state index in [9.17, 15) is 4.79 Å². The third-order valence-electron chi connectivity index (χ3n) is 3.76. The van der Waals surface area contributed by atoms with Crippen molar-refractivity contribution in [3.63, 3.8) is 0 Å². The van der Waals surface area contributed by atoms with Crippen molar-refractivity contribution in [3.05, 3.63) is 30.1 Å². The molecule has 0 radical (unpaired) electrons. The fourth-order valence-electron chi connectivity index (χ4n) is 2.47. The number of carbonyl (C=O) groups is 1. The Kier molecular flexibility index (Phi) is 7.54. The second kappa shape index (κ2) is 9.65. The van der Waals surface area contributed by atoms with Gasteiger partial charge in [-0.1, -0.05) is 0 Å². The molecule has 0 aliphatic carbocycles. The molecule has 3 rings (SSSR count). The molecule has 1 aliphatic heterocycles. The van der Waals surface area contributed by atoms with Gasteiger partial charge in [0.15, 0.2) is 5.82 Å². The van der Waals surface area contributed by atoms with Crippen molar-refractivity contribution in [2.24, 2.45) is 0 Å². The topological polar surface area (TPSA) is 91.9 Å². The monoisotopic (exact) mass is 383 g/mol. The highest BCUT2D eigenvalue weighted by molar-refractivity contribution is 7.99. The Morgan fingerprint density at radius 3 is 2.88 bits per heavy atom. The second-order valence-electron chi connectivity index (χ2n) is 5.54. The average molecular weight is 384 g/mol. The number of methoxy groups -OCH3 is 1. The molecule has 1 atom stereocenters. The molecule has 7 nitrogen and oxygen atoms in total. The SMILES string of the molecule is COc1ccc(-c2n[nH]c(CNC(=O)CC3CSCCN3)n2)cc1.Cl. The molecule has 1 amide bonds. The Labute approximate surface area is 157 Å². The second-order valence-corrected chi connectivity index (χ2v) is 6.69. The molecule has 1 saturated heterocycles. The number of aromatic amines is 1. The number of nitrogens with one attached hydrogen (secondary N) is 3. The van der Waals surface area contributed by atoms with Gasteiger partial charge in [-0.05, 0) is 24.3 Å². The van der Waals surface area contributed by atoms with Crippen LogP contribution in [0.1, 0.15) is 12.2 Å². The van der Waals surface area contributed by atoms with E-state index in [1.807, 2.05) is 36.0 Å². The molecule has 25 heavy (non-hydrogen) atoms. The summed E-state index contributed by atoms with van der Waals surface area (Å²) in [4.78, 5) is 16.4. The van der Waals surface area contributed by atoms with Gasteiger partial charge in [0.2, 0.25) is 5.91 Å². The van der Waals surface area contributed by atoms with Crippen LogP contribution in [-0.2, 0) is 11.3 Å². The highest BCUT2D eigenvalue weighted by atomic mass is 35.5. The molecule has 0 bridgehead atoms. The highest BCUT2D eigenvalue weighted by Crippen LogP contribution is 2.18. The minimum Gasteiger partial charge on any atom is -0.497 e. The Bertz CT molecular complexity index is 673. The zero-order chi connectivity index (χ0) is 16.8. The van der Waals surface area contributed by atoms with Crippen LogP contribution < -0.4 is 15.4 Å². The summed E-state index contributed by atoms with van der Waals surface area (Å²) in [5.74, 6) is 4.16. The lowest BCUT2D eigenvalue weighted by molar-refractivity contribution is -0.121. The van der Waals surface area contributed by atoms with Crippen molar-refractivity contribution in [2.45, 2.75) is 19.0 Å². The molecule has 0 saturated carbocycles. The lowest BCUT2D eigenvalue weighted by atomic mass is 10.2. The number of H-pyrrole nitrogens is 1.